The van der Waals surface area contributed by atoms with E-state index in [1.54, 1.807) is 6.07 Å². The van der Waals surface area contributed by atoms with Crippen molar-refractivity contribution in [3.05, 3.63) is 31.6 Å². The quantitative estimate of drug-likeness (QED) is 0.434. The monoisotopic (exact) mass is 342 g/mol. The first-order chi connectivity index (χ1) is 5.52. The van der Waals surface area contributed by atoms with E-state index in [1.807, 2.05) is 22.6 Å². The van der Waals surface area contributed by atoms with Gasteiger partial charge in [-0.25, -0.2) is 4.39 Å². The summed E-state index contributed by atoms with van der Waals surface area (Å²) in [5.41, 5.74) is 0.403. The topological polar surface area (TPSA) is 17.1 Å². The predicted molar refractivity (Wildman–Crippen MR) is 56.8 cm³/mol. The highest BCUT2D eigenvalue weighted by atomic mass is 127. The Labute approximate surface area is 91.6 Å². The summed E-state index contributed by atoms with van der Waals surface area (Å²) in [4.78, 5) is 10.9. The smallest absolute Gasteiger partial charge is 0.159 e. The molecule has 1 aromatic rings. The summed E-state index contributed by atoms with van der Waals surface area (Å²) in [6, 6.07) is 2.88. The number of rotatable bonds is 1. The Balaban J connectivity index is 3.31. The number of carbonyl (C=O) groups is 1. The Hall–Kier alpha value is 0.0300. The van der Waals surface area contributed by atoms with Crippen LogP contribution in [-0.2, 0) is 0 Å². The van der Waals surface area contributed by atoms with Crippen LogP contribution in [0.15, 0.2) is 16.6 Å². The van der Waals surface area contributed by atoms with Crippen LogP contribution in [0, 0.1) is 9.39 Å². The second-order valence-electron chi connectivity index (χ2n) is 2.31. The van der Waals surface area contributed by atoms with E-state index in [1.165, 1.54) is 13.0 Å². The minimum absolute atomic E-state index is 0.126. The summed E-state index contributed by atoms with van der Waals surface area (Å²) in [5, 5.41) is 0. The second-order valence-corrected chi connectivity index (χ2v) is 4.27. The number of hydrogen-bond acceptors (Lipinski definition) is 1. The van der Waals surface area contributed by atoms with Crippen LogP contribution < -0.4 is 0 Å². The van der Waals surface area contributed by atoms with Crippen LogP contribution in [0.5, 0.6) is 0 Å². The standard InChI is InChI=1S/C8H5BrFIO/c1-4(12)5-2-6(10)8(9)7(11)3-5/h2-3H,1H3. The highest BCUT2D eigenvalue weighted by molar-refractivity contribution is 14.1. The van der Waals surface area contributed by atoms with Gasteiger partial charge in [0, 0.05) is 9.13 Å². The van der Waals surface area contributed by atoms with Gasteiger partial charge >= 0.3 is 0 Å². The molecule has 0 heterocycles. The third-order valence-corrected chi connectivity index (χ3v) is 3.79. The third kappa shape index (κ3) is 2.04. The number of ketones is 1. The van der Waals surface area contributed by atoms with Crippen LogP contribution >= 0.6 is 38.5 Å². The average molecular weight is 343 g/mol. The van der Waals surface area contributed by atoms with Crippen molar-refractivity contribution < 1.29 is 9.18 Å². The molecular formula is C8H5BrFIO. The van der Waals surface area contributed by atoms with Gasteiger partial charge in [-0.05, 0) is 57.6 Å². The molecule has 1 aromatic carbocycles. The summed E-state index contributed by atoms with van der Waals surface area (Å²) in [7, 11) is 0. The molecule has 0 radical (unpaired) electrons. The number of carbonyl (C=O) groups excluding carboxylic acids is 1. The highest BCUT2D eigenvalue weighted by Crippen LogP contribution is 2.24. The fourth-order valence-corrected chi connectivity index (χ4v) is 1.58. The summed E-state index contributed by atoms with van der Waals surface area (Å²) < 4.78 is 14.1. The van der Waals surface area contributed by atoms with E-state index in [4.69, 9.17) is 0 Å². The molecule has 0 unspecified atom stereocenters. The van der Waals surface area contributed by atoms with E-state index >= 15 is 0 Å². The molecule has 0 atom stereocenters. The Morgan fingerprint density at radius 2 is 2.17 bits per heavy atom. The van der Waals surface area contributed by atoms with Gasteiger partial charge in [0.15, 0.2) is 5.78 Å². The van der Waals surface area contributed by atoms with Crippen molar-refractivity contribution in [1.82, 2.24) is 0 Å². The number of halogens is 3. The first kappa shape index (κ1) is 10.1. The van der Waals surface area contributed by atoms with Crippen molar-refractivity contribution in [3.63, 3.8) is 0 Å². The van der Waals surface area contributed by atoms with Gasteiger partial charge in [0.1, 0.15) is 5.82 Å². The highest BCUT2D eigenvalue weighted by Gasteiger charge is 2.08. The fraction of sp³-hybridized carbons (Fsp3) is 0.125. The van der Waals surface area contributed by atoms with Gasteiger partial charge in [0.25, 0.3) is 0 Å². The molecule has 0 aromatic heterocycles. The van der Waals surface area contributed by atoms with Gasteiger partial charge < -0.3 is 0 Å². The van der Waals surface area contributed by atoms with E-state index in [-0.39, 0.29) is 5.78 Å². The molecule has 0 aliphatic carbocycles. The average Bonchev–Trinajstić information content (AvgIpc) is 1.99. The van der Waals surface area contributed by atoms with E-state index in [9.17, 15) is 9.18 Å². The Morgan fingerprint density at radius 1 is 1.58 bits per heavy atom. The normalized spacial score (nSPS) is 10.0. The molecule has 64 valence electrons. The van der Waals surface area contributed by atoms with Crippen LogP contribution in [0.25, 0.3) is 0 Å². The maximum absolute atomic E-state index is 13.0. The zero-order valence-corrected chi connectivity index (χ0v) is 9.94. The maximum Gasteiger partial charge on any atom is 0.159 e. The molecule has 0 amide bonds. The molecule has 0 N–H and O–H groups in total. The van der Waals surface area contributed by atoms with Crippen molar-refractivity contribution in [2.75, 3.05) is 0 Å². The lowest BCUT2D eigenvalue weighted by molar-refractivity contribution is 0.101. The second kappa shape index (κ2) is 3.83. The minimum atomic E-state index is -0.396. The third-order valence-electron chi connectivity index (χ3n) is 1.39. The Bertz CT molecular complexity index is 315. The molecule has 12 heavy (non-hydrogen) atoms. The summed E-state index contributed by atoms with van der Waals surface area (Å²) in [5.74, 6) is -0.522. The largest absolute Gasteiger partial charge is 0.295 e. The first-order valence-corrected chi connectivity index (χ1v) is 5.05. The molecule has 1 nitrogen and oxygen atoms in total. The van der Waals surface area contributed by atoms with Crippen molar-refractivity contribution in [1.29, 1.82) is 0 Å². The molecule has 0 bridgehead atoms. The predicted octanol–water partition coefficient (Wildman–Crippen LogP) is 3.40. The molecule has 0 spiro atoms. The first-order valence-electron chi connectivity index (χ1n) is 3.18. The Morgan fingerprint density at radius 3 is 2.58 bits per heavy atom. The molecule has 0 fully saturated rings. The van der Waals surface area contributed by atoms with Crippen molar-refractivity contribution in [3.8, 4) is 0 Å². The van der Waals surface area contributed by atoms with Crippen LogP contribution in [0.2, 0.25) is 0 Å². The lowest BCUT2D eigenvalue weighted by Gasteiger charge is -2.00. The van der Waals surface area contributed by atoms with Crippen LogP contribution in [0.4, 0.5) is 4.39 Å². The van der Waals surface area contributed by atoms with E-state index in [2.05, 4.69) is 15.9 Å². The summed E-state index contributed by atoms with van der Waals surface area (Å²) in [6.45, 7) is 1.42. The van der Waals surface area contributed by atoms with Crippen LogP contribution in [-0.4, -0.2) is 5.78 Å². The van der Waals surface area contributed by atoms with Crippen molar-refractivity contribution >= 4 is 44.3 Å². The van der Waals surface area contributed by atoms with E-state index in [0.29, 0.717) is 13.6 Å². The number of hydrogen-bond donors (Lipinski definition) is 0. The Kier molecular flexibility index (Phi) is 3.22. The maximum atomic E-state index is 13.0. The van der Waals surface area contributed by atoms with Gasteiger partial charge in [0.05, 0.1) is 4.47 Å². The summed E-state index contributed by atoms with van der Waals surface area (Å²) >= 11 is 5.04. The van der Waals surface area contributed by atoms with Crippen molar-refractivity contribution in [2.24, 2.45) is 0 Å². The number of benzene rings is 1. The minimum Gasteiger partial charge on any atom is -0.295 e. The molecular weight excluding hydrogens is 338 g/mol. The zero-order chi connectivity index (χ0) is 9.30. The molecule has 0 aliphatic rings. The van der Waals surface area contributed by atoms with E-state index in [0.717, 1.165) is 0 Å². The van der Waals surface area contributed by atoms with Crippen molar-refractivity contribution in [2.45, 2.75) is 6.92 Å². The van der Waals surface area contributed by atoms with Gasteiger partial charge in [-0.15, -0.1) is 0 Å². The zero-order valence-electron chi connectivity index (χ0n) is 6.20. The van der Waals surface area contributed by atoms with Gasteiger partial charge in [0.2, 0.25) is 0 Å². The van der Waals surface area contributed by atoms with Gasteiger partial charge in [-0.3, -0.25) is 4.79 Å². The van der Waals surface area contributed by atoms with E-state index < -0.39 is 5.82 Å². The number of Topliss-reactive ketones (excluding diaryl/α,β-unsaturated/α-hetero) is 1. The SMILES string of the molecule is CC(=O)c1cc(F)c(Br)c(I)c1. The lowest BCUT2D eigenvalue weighted by atomic mass is 10.1. The fourth-order valence-electron chi connectivity index (χ4n) is 0.759. The molecule has 4 heteroatoms. The van der Waals surface area contributed by atoms with Crippen LogP contribution in [0.3, 0.4) is 0 Å². The van der Waals surface area contributed by atoms with Gasteiger partial charge in [-0.2, -0.15) is 0 Å². The molecule has 0 saturated carbocycles. The van der Waals surface area contributed by atoms with Crippen LogP contribution in [0.1, 0.15) is 17.3 Å². The lowest BCUT2D eigenvalue weighted by Crippen LogP contribution is -1.95. The summed E-state index contributed by atoms with van der Waals surface area (Å²) in [6.07, 6.45) is 0. The molecule has 1 rings (SSSR count). The molecule has 0 saturated heterocycles. The van der Waals surface area contributed by atoms with Gasteiger partial charge in [-0.1, -0.05) is 0 Å². The molecule has 0 aliphatic heterocycles.